The van der Waals surface area contributed by atoms with Crippen molar-refractivity contribution in [1.29, 1.82) is 0 Å². The highest BCUT2D eigenvalue weighted by atomic mass is 32.1. The van der Waals surface area contributed by atoms with Gasteiger partial charge in [-0.25, -0.2) is 9.37 Å². The zero-order chi connectivity index (χ0) is 20.4. The molecule has 2 amide bonds. The molecule has 1 aromatic heterocycles. The molecule has 0 fully saturated rings. The molecule has 8 heteroatoms. The van der Waals surface area contributed by atoms with Crippen LogP contribution in [0.25, 0.3) is 0 Å². The highest BCUT2D eigenvalue weighted by molar-refractivity contribution is 7.09. The summed E-state index contributed by atoms with van der Waals surface area (Å²) in [6.07, 6.45) is 0.475. The Morgan fingerprint density at radius 2 is 1.97 bits per heavy atom. The molecule has 29 heavy (non-hydrogen) atoms. The number of halogens is 1. The van der Waals surface area contributed by atoms with E-state index in [4.69, 9.17) is 10.5 Å². The second-order valence-corrected chi connectivity index (χ2v) is 7.57. The van der Waals surface area contributed by atoms with Crippen LogP contribution in [-0.2, 0) is 11.4 Å². The van der Waals surface area contributed by atoms with Crippen molar-refractivity contribution in [3.8, 4) is 5.75 Å². The maximum absolute atomic E-state index is 13.0. The first-order valence-corrected chi connectivity index (χ1v) is 9.94. The van der Waals surface area contributed by atoms with E-state index in [0.29, 0.717) is 35.1 Å². The first kappa shape index (κ1) is 19.1. The molecule has 6 nitrogen and oxygen atoms in total. The Morgan fingerprint density at radius 1 is 1.21 bits per heavy atom. The molecule has 1 aliphatic rings. The molecule has 3 aromatic rings. The first-order chi connectivity index (χ1) is 14.0. The molecule has 148 valence electrons. The van der Waals surface area contributed by atoms with Crippen molar-refractivity contribution in [1.82, 2.24) is 4.98 Å². The van der Waals surface area contributed by atoms with Gasteiger partial charge < -0.3 is 15.4 Å². The van der Waals surface area contributed by atoms with E-state index in [2.05, 4.69) is 4.98 Å². The third-order valence-corrected chi connectivity index (χ3v) is 5.60. The van der Waals surface area contributed by atoms with Crippen LogP contribution in [0.1, 0.15) is 33.4 Å². The minimum Gasteiger partial charge on any atom is -0.486 e. The number of aromatic nitrogens is 1. The van der Waals surface area contributed by atoms with E-state index in [0.717, 1.165) is 5.56 Å². The molecular weight excluding hydrogens is 393 g/mol. The van der Waals surface area contributed by atoms with Crippen LogP contribution < -0.4 is 15.4 Å². The lowest BCUT2D eigenvalue weighted by atomic mass is 9.89. The van der Waals surface area contributed by atoms with E-state index in [1.165, 1.54) is 35.6 Å². The van der Waals surface area contributed by atoms with Crippen LogP contribution in [0.5, 0.6) is 5.75 Å². The smallest absolute Gasteiger partial charge is 0.277 e. The molecule has 0 saturated heterocycles. The largest absolute Gasteiger partial charge is 0.486 e. The number of fused-ring (bicyclic) bond motifs is 1. The Morgan fingerprint density at radius 3 is 2.72 bits per heavy atom. The van der Waals surface area contributed by atoms with Crippen LogP contribution in [0.15, 0.2) is 53.9 Å². The fourth-order valence-electron chi connectivity index (χ4n) is 3.36. The molecule has 1 atom stereocenters. The number of rotatable bonds is 5. The molecule has 0 saturated carbocycles. The number of ether oxygens (including phenoxy) is 1. The maximum atomic E-state index is 13.0. The lowest BCUT2D eigenvalue weighted by Gasteiger charge is -2.32. The highest BCUT2D eigenvalue weighted by Gasteiger charge is 2.32. The molecule has 0 radical (unpaired) electrons. The Hall–Kier alpha value is -3.26. The summed E-state index contributed by atoms with van der Waals surface area (Å²) in [4.78, 5) is 30.8. The van der Waals surface area contributed by atoms with Crippen molar-refractivity contribution < 1.29 is 18.7 Å². The summed E-state index contributed by atoms with van der Waals surface area (Å²) in [6, 6.07) is 13.0. The molecule has 1 aliphatic heterocycles. The maximum Gasteiger partial charge on any atom is 0.277 e. The number of thiazole rings is 1. The van der Waals surface area contributed by atoms with E-state index in [9.17, 15) is 14.0 Å². The third kappa shape index (κ3) is 3.97. The number of hydrogen-bond acceptors (Lipinski definition) is 5. The highest BCUT2D eigenvalue weighted by Crippen LogP contribution is 2.35. The van der Waals surface area contributed by atoms with E-state index in [1.807, 2.05) is 24.3 Å². The fourth-order valence-corrected chi connectivity index (χ4v) is 4.04. The van der Waals surface area contributed by atoms with Crippen LogP contribution in [0.2, 0.25) is 0 Å². The lowest BCUT2D eigenvalue weighted by Crippen LogP contribution is -2.39. The normalized spacial score (nSPS) is 15.6. The predicted octanol–water partition coefficient (Wildman–Crippen LogP) is 3.48. The summed E-state index contributed by atoms with van der Waals surface area (Å²) < 4.78 is 18.5. The Bertz CT molecular complexity index is 1050. The third-order valence-electron chi connectivity index (χ3n) is 4.78. The van der Waals surface area contributed by atoms with Crippen LogP contribution in [-0.4, -0.2) is 23.3 Å². The SMILES string of the molecule is NC(=O)C1CCN(C(=O)c2csc(COc3ccc(F)cc3)n2)c2ccccc21. The molecule has 2 N–H and O–H groups in total. The van der Waals surface area contributed by atoms with Gasteiger partial charge in [-0.2, -0.15) is 0 Å². The van der Waals surface area contributed by atoms with Crippen molar-refractivity contribution in [3.05, 3.63) is 76.0 Å². The van der Waals surface area contributed by atoms with Gasteiger partial charge in [0.25, 0.3) is 5.91 Å². The van der Waals surface area contributed by atoms with Crippen LogP contribution in [0, 0.1) is 5.82 Å². The Labute approximate surface area is 170 Å². The van der Waals surface area contributed by atoms with E-state index in [1.54, 1.807) is 10.3 Å². The zero-order valence-electron chi connectivity index (χ0n) is 15.4. The summed E-state index contributed by atoms with van der Waals surface area (Å²) in [5.41, 5.74) is 7.28. The summed E-state index contributed by atoms with van der Waals surface area (Å²) in [7, 11) is 0. The predicted molar refractivity (Wildman–Crippen MR) is 108 cm³/mol. The van der Waals surface area contributed by atoms with Gasteiger partial charge in [0.2, 0.25) is 5.91 Å². The number of carbonyl (C=O) groups excluding carboxylic acids is 2. The molecule has 2 heterocycles. The number of nitrogens with two attached hydrogens (primary N) is 1. The van der Waals surface area contributed by atoms with Gasteiger partial charge in [0, 0.05) is 17.6 Å². The van der Waals surface area contributed by atoms with Crippen LogP contribution in [0.3, 0.4) is 0 Å². The number of anilines is 1. The topological polar surface area (TPSA) is 85.5 Å². The van der Waals surface area contributed by atoms with Crippen LogP contribution >= 0.6 is 11.3 Å². The van der Waals surface area contributed by atoms with Gasteiger partial charge in [0.05, 0.1) is 5.92 Å². The molecule has 1 unspecified atom stereocenters. The second-order valence-electron chi connectivity index (χ2n) is 6.63. The number of carbonyl (C=O) groups is 2. The Kier molecular flexibility index (Phi) is 5.26. The van der Waals surface area contributed by atoms with Gasteiger partial charge in [-0.3, -0.25) is 9.59 Å². The number of para-hydroxylation sites is 1. The summed E-state index contributed by atoms with van der Waals surface area (Å²) in [5, 5.41) is 2.33. The average molecular weight is 411 g/mol. The second kappa shape index (κ2) is 8.00. The minimum atomic E-state index is -0.398. The molecule has 0 aliphatic carbocycles. The summed E-state index contributed by atoms with van der Waals surface area (Å²) in [5.74, 6) is -0.828. The van der Waals surface area contributed by atoms with Gasteiger partial charge in [0.15, 0.2) is 0 Å². The van der Waals surface area contributed by atoms with Gasteiger partial charge in [0.1, 0.15) is 28.9 Å². The molecular formula is C21H18FN3O3S. The number of primary amides is 1. The summed E-state index contributed by atoms with van der Waals surface area (Å²) >= 11 is 1.32. The Balaban J connectivity index is 1.49. The van der Waals surface area contributed by atoms with Gasteiger partial charge in [-0.1, -0.05) is 18.2 Å². The number of hydrogen-bond donors (Lipinski definition) is 1. The van der Waals surface area contributed by atoms with Crippen molar-refractivity contribution in [2.45, 2.75) is 18.9 Å². The lowest BCUT2D eigenvalue weighted by molar-refractivity contribution is -0.119. The standard InChI is InChI=1S/C21H18FN3O3S/c22-13-5-7-14(8-6-13)28-11-19-24-17(12-29-19)21(27)25-10-9-16(20(23)26)15-3-1-2-4-18(15)25/h1-8,12,16H,9-11H2,(H2,23,26). The van der Waals surface area contributed by atoms with Gasteiger partial charge >= 0.3 is 0 Å². The zero-order valence-corrected chi connectivity index (χ0v) is 16.2. The van der Waals surface area contributed by atoms with Gasteiger partial charge in [-0.15, -0.1) is 11.3 Å². The van der Waals surface area contributed by atoms with E-state index >= 15 is 0 Å². The van der Waals surface area contributed by atoms with Crippen molar-refractivity contribution >= 4 is 28.8 Å². The molecule has 4 rings (SSSR count). The first-order valence-electron chi connectivity index (χ1n) is 9.06. The quantitative estimate of drug-likeness (QED) is 0.697. The number of benzene rings is 2. The van der Waals surface area contributed by atoms with E-state index in [-0.39, 0.29) is 18.3 Å². The minimum absolute atomic E-state index is 0.184. The van der Waals surface area contributed by atoms with Crippen molar-refractivity contribution in [2.75, 3.05) is 11.4 Å². The van der Waals surface area contributed by atoms with Gasteiger partial charge in [-0.05, 0) is 42.3 Å². The van der Waals surface area contributed by atoms with Crippen molar-refractivity contribution in [2.24, 2.45) is 5.73 Å². The molecule has 0 spiro atoms. The molecule has 2 aromatic carbocycles. The monoisotopic (exact) mass is 411 g/mol. The number of amides is 2. The van der Waals surface area contributed by atoms with Crippen LogP contribution in [0.4, 0.5) is 10.1 Å². The molecule has 0 bridgehead atoms. The number of nitrogens with zero attached hydrogens (tertiary/aromatic N) is 2. The summed E-state index contributed by atoms with van der Waals surface area (Å²) in [6.45, 7) is 0.576. The van der Waals surface area contributed by atoms with Crippen molar-refractivity contribution in [3.63, 3.8) is 0 Å². The fraction of sp³-hybridized carbons (Fsp3) is 0.190. The van der Waals surface area contributed by atoms with E-state index < -0.39 is 11.8 Å². The average Bonchev–Trinajstić information content (AvgIpc) is 3.21.